The number of nitrogens with one attached hydrogen (secondary N) is 2. The zero-order valence-corrected chi connectivity index (χ0v) is 21.1. The average molecular weight is 534 g/mol. The van der Waals surface area contributed by atoms with Gasteiger partial charge >= 0.3 is 5.69 Å². The quantitative estimate of drug-likeness (QED) is 0.248. The van der Waals surface area contributed by atoms with Crippen LogP contribution in [0.1, 0.15) is 12.0 Å². The number of hydrogen-bond donors (Lipinski definition) is 3. The van der Waals surface area contributed by atoms with Crippen LogP contribution >= 0.6 is 11.6 Å². The largest absolute Gasteiger partial charge is 0.496 e. The van der Waals surface area contributed by atoms with Crippen LogP contribution in [0.2, 0.25) is 5.02 Å². The molecule has 2 aromatic carbocycles. The predicted molar refractivity (Wildman–Crippen MR) is 135 cm³/mol. The molecule has 0 atom stereocenters. The lowest BCUT2D eigenvalue weighted by Crippen LogP contribution is -2.16. The van der Waals surface area contributed by atoms with Crippen molar-refractivity contribution in [2.24, 2.45) is 0 Å². The molecule has 0 spiro atoms. The summed E-state index contributed by atoms with van der Waals surface area (Å²) >= 11 is 6.54. The molecule has 2 aromatic heterocycles. The lowest BCUT2D eigenvalue weighted by Gasteiger charge is -2.16. The molecular weight excluding hydrogens is 509 g/mol. The Hall–Kier alpha value is -4.03. The molecular formula is C24H25ClFN5O6. The van der Waals surface area contributed by atoms with Crippen molar-refractivity contribution in [3.63, 3.8) is 0 Å². The summed E-state index contributed by atoms with van der Waals surface area (Å²) in [6, 6.07) is 7.43. The van der Waals surface area contributed by atoms with E-state index in [0.29, 0.717) is 18.7 Å². The molecule has 11 nitrogen and oxygen atoms in total. The zero-order chi connectivity index (χ0) is 26.5. The van der Waals surface area contributed by atoms with E-state index in [2.05, 4.69) is 20.3 Å². The van der Waals surface area contributed by atoms with Crippen LogP contribution in [0, 0.1) is 5.82 Å². The summed E-state index contributed by atoms with van der Waals surface area (Å²) in [4.78, 5) is 24.4. The van der Waals surface area contributed by atoms with Crippen molar-refractivity contribution in [3.05, 3.63) is 57.2 Å². The van der Waals surface area contributed by atoms with Crippen LogP contribution in [0.4, 0.5) is 10.3 Å². The number of fused-ring (bicyclic) bond motifs is 1. The van der Waals surface area contributed by atoms with E-state index in [0.717, 1.165) is 0 Å². The molecule has 4 rings (SSSR count). The molecule has 2 heterocycles. The van der Waals surface area contributed by atoms with Gasteiger partial charge in [-0.25, -0.2) is 13.8 Å². The zero-order valence-electron chi connectivity index (χ0n) is 20.3. The maximum absolute atomic E-state index is 14.4. The van der Waals surface area contributed by atoms with Gasteiger partial charge in [0.25, 0.3) is 0 Å². The van der Waals surface area contributed by atoms with Crippen molar-refractivity contribution >= 4 is 28.7 Å². The first-order valence-corrected chi connectivity index (χ1v) is 11.5. The van der Waals surface area contributed by atoms with Crippen LogP contribution in [0.25, 0.3) is 16.9 Å². The first-order valence-electron chi connectivity index (χ1n) is 11.1. The number of aromatic nitrogens is 4. The van der Waals surface area contributed by atoms with Crippen LogP contribution < -0.4 is 30.0 Å². The van der Waals surface area contributed by atoms with E-state index in [-0.39, 0.29) is 64.0 Å². The summed E-state index contributed by atoms with van der Waals surface area (Å²) < 4.78 is 37.5. The van der Waals surface area contributed by atoms with Crippen LogP contribution in [0.5, 0.6) is 23.1 Å². The fraction of sp³-hybridized carbons (Fsp3) is 0.292. The maximum atomic E-state index is 14.4. The van der Waals surface area contributed by atoms with E-state index in [4.69, 9.17) is 35.7 Å². The van der Waals surface area contributed by atoms with Gasteiger partial charge < -0.3 is 29.4 Å². The number of aliphatic hydroxyl groups excluding tert-OH is 1. The highest BCUT2D eigenvalue weighted by Crippen LogP contribution is 2.37. The molecule has 13 heteroatoms. The van der Waals surface area contributed by atoms with Crippen molar-refractivity contribution in [1.82, 2.24) is 19.5 Å². The third kappa shape index (κ3) is 5.25. The van der Waals surface area contributed by atoms with Gasteiger partial charge in [0, 0.05) is 25.3 Å². The summed E-state index contributed by atoms with van der Waals surface area (Å²) in [6.45, 7) is 0.218. The second-order valence-corrected chi connectivity index (χ2v) is 8.10. The number of H-pyrrole nitrogens is 1. The van der Waals surface area contributed by atoms with Gasteiger partial charge in [-0.05, 0) is 18.6 Å². The van der Waals surface area contributed by atoms with Gasteiger partial charge in [0.15, 0.2) is 17.1 Å². The summed E-state index contributed by atoms with van der Waals surface area (Å²) in [5.74, 6) is 0.640. The standard InChI is InChI=1S/C24H25ClFN5O6/c1-34-17-7-4-6-15(26)13(17)12-37-19-11-16(14(25)10-18(19)35-2)31-21-20(28-24(31)33)22(36-3)30-23(29-21)27-8-5-9-32/h4,6-7,10-11,32H,5,8-9,12H2,1-3H3,(H,28,33)(H,27,29,30). The molecule has 0 aliphatic rings. The second-order valence-electron chi connectivity index (χ2n) is 7.69. The molecule has 0 radical (unpaired) electrons. The molecule has 3 N–H and O–H groups in total. The van der Waals surface area contributed by atoms with E-state index < -0.39 is 11.5 Å². The van der Waals surface area contributed by atoms with E-state index >= 15 is 0 Å². The van der Waals surface area contributed by atoms with E-state index in [1.165, 1.54) is 50.2 Å². The van der Waals surface area contributed by atoms with Gasteiger partial charge in [-0.2, -0.15) is 9.97 Å². The molecule has 0 bridgehead atoms. The number of anilines is 1. The van der Waals surface area contributed by atoms with Crippen LogP contribution in [0.15, 0.2) is 35.1 Å². The van der Waals surface area contributed by atoms with Gasteiger partial charge in [-0.15, -0.1) is 0 Å². The summed E-state index contributed by atoms with van der Waals surface area (Å²) in [6.07, 6.45) is 0.474. The Morgan fingerprint density at radius 1 is 1.11 bits per heavy atom. The van der Waals surface area contributed by atoms with Gasteiger partial charge in [-0.3, -0.25) is 4.98 Å². The Bertz CT molecular complexity index is 1470. The number of benzene rings is 2. The maximum Gasteiger partial charge on any atom is 0.332 e. The molecule has 0 amide bonds. The van der Waals surface area contributed by atoms with Crippen LogP contribution in [0.3, 0.4) is 0 Å². The van der Waals surface area contributed by atoms with Gasteiger partial charge in [0.2, 0.25) is 11.8 Å². The number of halogens is 2. The molecule has 0 saturated carbocycles. The first-order chi connectivity index (χ1) is 17.9. The third-order valence-corrected chi connectivity index (χ3v) is 5.76. The van der Waals surface area contributed by atoms with Crippen molar-refractivity contribution in [1.29, 1.82) is 0 Å². The van der Waals surface area contributed by atoms with E-state index in [1.807, 2.05) is 0 Å². The minimum absolute atomic E-state index is 0.00969. The van der Waals surface area contributed by atoms with Crippen LogP contribution in [-0.4, -0.2) is 59.1 Å². The molecule has 0 unspecified atom stereocenters. The Labute approximate surface area is 215 Å². The number of nitrogens with zero attached hydrogens (tertiary/aromatic N) is 3. The minimum atomic E-state index is -0.552. The molecule has 0 aliphatic heterocycles. The van der Waals surface area contributed by atoms with E-state index in [1.54, 1.807) is 6.07 Å². The predicted octanol–water partition coefficient (Wildman–Crippen LogP) is 3.30. The minimum Gasteiger partial charge on any atom is -0.496 e. The highest BCUT2D eigenvalue weighted by molar-refractivity contribution is 6.32. The first kappa shape index (κ1) is 26.0. The molecule has 0 saturated heterocycles. The summed E-state index contributed by atoms with van der Waals surface area (Å²) in [5, 5.41) is 12.2. The smallest absolute Gasteiger partial charge is 0.332 e. The van der Waals surface area contributed by atoms with Crippen molar-refractivity contribution in [3.8, 4) is 28.8 Å². The Morgan fingerprint density at radius 3 is 2.59 bits per heavy atom. The Balaban J connectivity index is 1.80. The number of aromatic amines is 1. The highest BCUT2D eigenvalue weighted by Gasteiger charge is 2.21. The van der Waals surface area contributed by atoms with Gasteiger partial charge in [0.05, 0.1) is 37.6 Å². The molecule has 0 fully saturated rings. The Morgan fingerprint density at radius 2 is 1.89 bits per heavy atom. The van der Waals surface area contributed by atoms with Crippen LogP contribution in [-0.2, 0) is 6.61 Å². The summed E-state index contributed by atoms with van der Waals surface area (Å²) in [7, 11) is 4.28. The van der Waals surface area contributed by atoms with Gasteiger partial charge in [-0.1, -0.05) is 17.7 Å². The Kier molecular flexibility index (Phi) is 7.99. The molecule has 4 aromatic rings. The number of hydrogen-bond acceptors (Lipinski definition) is 9. The number of aliphatic hydroxyl groups is 1. The number of rotatable bonds is 11. The van der Waals surface area contributed by atoms with Gasteiger partial charge in [0.1, 0.15) is 23.7 Å². The van der Waals surface area contributed by atoms with Crippen molar-refractivity contribution < 1.29 is 28.4 Å². The molecule has 0 aliphatic carbocycles. The SMILES string of the molecule is COc1cc(Cl)c(-n2c(=O)[nH]c3c(OC)nc(NCCCO)nc32)cc1OCc1c(F)cccc1OC. The highest BCUT2D eigenvalue weighted by atomic mass is 35.5. The lowest BCUT2D eigenvalue weighted by molar-refractivity contribution is 0.272. The average Bonchev–Trinajstić information content (AvgIpc) is 3.23. The third-order valence-electron chi connectivity index (χ3n) is 5.46. The lowest BCUT2D eigenvalue weighted by atomic mass is 10.2. The fourth-order valence-electron chi connectivity index (χ4n) is 3.68. The molecule has 196 valence electrons. The topological polar surface area (TPSA) is 133 Å². The number of imidazole rings is 1. The normalized spacial score (nSPS) is 11.0. The number of methoxy groups -OCH3 is 3. The number of ether oxygens (including phenoxy) is 4. The summed E-state index contributed by atoms with van der Waals surface area (Å²) in [5.41, 5.74) is 0.340. The molecule has 37 heavy (non-hydrogen) atoms. The fourth-order valence-corrected chi connectivity index (χ4v) is 3.91. The van der Waals surface area contributed by atoms with E-state index in [9.17, 15) is 9.18 Å². The monoisotopic (exact) mass is 533 g/mol. The second kappa shape index (κ2) is 11.4. The van der Waals surface area contributed by atoms with Crippen molar-refractivity contribution in [2.75, 3.05) is 39.8 Å². The van der Waals surface area contributed by atoms with Crippen molar-refractivity contribution in [2.45, 2.75) is 13.0 Å².